The summed E-state index contributed by atoms with van der Waals surface area (Å²) >= 11 is 9.51. The maximum Gasteiger partial charge on any atom is 0.0521 e. The molecule has 1 heterocycles. The van der Waals surface area contributed by atoms with Crippen LogP contribution in [-0.2, 0) is 13.5 Å². The Morgan fingerprint density at radius 2 is 2.06 bits per heavy atom. The summed E-state index contributed by atoms with van der Waals surface area (Å²) in [5, 5.41) is 5.95. The fourth-order valence-electron chi connectivity index (χ4n) is 2.01. The van der Waals surface area contributed by atoms with E-state index in [2.05, 4.69) is 39.4 Å². The van der Waals surface area contributed by atoms with Crippen molar-refractivity contribution < 1.29 is 0 Å². The van der Waals surface area contributed by atoms with Gasteiger partial charge in [0.15, 0.2) is 0 Å². The van der Waals surface area contributed by atoms with Gasteiger partial charge in [-0.15, -0.1) is 0 Å². The number of rotatable bonds is 5. The Balaban J connectivity index is 1.99. The maximum atomic E-state index is 5.91. The molecule has 0 aliphatic carbocycles. The summed E-state index contributed by atoms with van der Waals surface area (Å²) in [6.07, 6.45) is 6.17. The molecule has 2 nitrogen and oxygen atoms in total. The van der Waals surface area contributed by atoms with Crippen LogP contribution in [0.1, 0.15) is 23.5 Å². The van der Waals surface area contributed by atoms with E-state index in [0.717, 1.165) is 23.2 Å². The Hall–Kier alpha value is -0.800. The minimum Gasteiger partial charge on any atom is -0.276 e. The largest absolute Gasteiger partial charge is 0.276 e. The first-order chi connectivity index (χ1) is 8.69. The minimum atomic E-state index is 0.516. The molecule has 0 spiro atoms. The van der Waals surface area contributed by atoms with Crippen LogP contribution >= 0.6 is 27.5 Å². The van der Waals surface area contributed by atoms with Gasteiger partial charge in [-0.3, -0.25) is 4.68 Å². The van der Waals surface area contributed by atoms with Crippen LogP contribution in [0.15, 0.2) is 36.7 Å². The maximum absolute atomic E-state index is 5.91. The van der Waals surface area contributed by atoms with E-state index in [1.807, 2.05) is 30.1 Å². The zero-order valence-corrected chi connectivity index (χ0v) is 12.7. The van der Waals surface area contributed by atoms with Gasteiger partial charge in [-0.2, -0.15) is 5.10 Å². The molecule has 1 aromatic carbocycles. The molecular weight excluding hydrogens is 312 g/mol. The van der Waals surface area contributed by atoms with E-state index in [0.29, 0.717) is 5.92 Å². The predicted molar refractivity (Wildman–Crippen MR) is 79.5 cm³/mol. The van der Waals surface area contributed by atoms with Gasteiger partial charge >= 0.3 is 0 Å². The van der Waals surface area contributed by atoms with E-state index >= 15 is 0 Å². The molecule has 2 aromatic rings. The van der Waals surface area contributed by atoms with Crippen molar-refractivity contribution in [3.8, 4) is 0 Å². The number of nitrogens with zero attached hydrogens (tertiary/aromatic N) is 2. The molecular formula is C14H16BrClN2. The standard InChI is InChI=1S/C14H16BrClN2/c1-18-10-11(9-17-18)2-3-13(8-15)12-4-6-14(16)7-5-12/h4-7,9-10,13H,2-3,8H2,1H3. The number of benzene rings is 1. The first-order valence-electron chi connectivity index (χ1n) is 5.98. The van der Waals surface area contributed by atoms with Crippen LogP contribution in [0.25, 0.3) is 0 Å². The number of aromatic nitrogens is 2. The summed E-state index contributed by atoms with van der Waals surface area (Å²) in [6, 6.07) is 8.13. The highest BCUT2D eigenvalue weighted by Gasteiger charge is 2.10. The second-order valence-electron chi connectivity index (χ2n) is 4.46. The fourth-order valence-corrected chi connectivity index (χ4v) is 2.83. The van der Waals surface area contributed by atoms with Crippen molar-refractivity contribution in [2.24, 2.45) is 7.05 Å². The van der Waals surface area contributed by atoms with Crippen LogP contribution in [0, 0.1) is 0 Å². The number of aryl methyl sites for hydroxylation is 2. The monoisotopic (exact) mass is 326 g/mol. The molecule has 4 heteroatoms. The van der Waals surface area contributed by atoms with Crippen molar-refractivity contribution in [3.63, 3.8) is 0 Å². The molecule has 0 aliphatic heterocycles. The van der Waals surface area contributed by atoms with Crippen molar-refractivity contribution >= 4 is 27.5 Å². The van der Waals surface area contributed by atoms with Crippen molar-refractivity contribution in [1.29, 1.82) is 0 Å². The second kappa shape index (κ2) is 6.39. The van der Waals surface area contributed by atoms with Crippen molar-refractivity contribution in [1.82, 2.24) is 9.78 Å². The molecule has 1 unspecified atom stereocenters. The van der Waals surface area contributed by atoms with Crippen LogP contribution < -0.4 is 0 Å². The molecule has 0 saturated carbocycles. The molecule has 1 atom stereocenters. The third-order valence-electron chi connectivity index (χ3n) is 3.07. The van der Waals surface area contributed by atoms with Gasteiger partial charge in [-0.1, -0.05) is 39.7 Å². The van der Waals surface area contributed by atoms with Crippen LogP contribution in [0.2, 0.25) is 5.02 Å². The minimum absolute atomic E-state index is 0.516. The number of hydrogen-bond acceptors (Lipinski definition) is 1. The summed E-state index contributed by atoms with van der Waals surface area (Å²) in [6.45, 7) is 0. The lowest BCUT2D eigenvalue weighted by atomic mass is 9.95. The zero-order valence-electron chi connectivity index (χ0n) is 10.3. The molecule has 2 rings (SSSR count). The van der Waals surface area contributed by atoms with Gasteiger partial charge < -0.3 is 0 Å². The molecule has 96 valence electrons. The second-order valence-corrected chi connectivity index (χ2v) is 5.55. The van der Waals surface area contributed by atoms with Gasteiger partial charge in [-0.25, -0.2) is 0 Å². The predicted octanol–water partition coefficient (Wildman–Crippen LogP) is 4.18. The van der Waals surface area contributed by atoms with E-state index < -0.39 is 0 Å². The third kappa shape index (κ3) is 3.59. The Kier molecular flexibility index (Phi) is 4.84. The van der Waals surface area contributed by atoms with Gasteiger partial charge in [0.2, 0.25) is 0 Å². The summed E-state index contributed by atoms with van der Waals surface area (Å²) in [5.41, 5.74) is 2.62. The highest BCUT2D eigenvalue weighted by atomic mass is 79.9. The number of halogens is 2. The van der Waals surface area contributed by atoms with E-state index in [1.165, 1.54) is 11.1 Å². The average Bonchev–Trinajstić information content (AvgIpc) is 2.78. The lowest BCUT2D eigenvalue weighted by Gasteiger charge is -2.14. The quantitative estimate of drug-likeness (QED) is 0.753. The molecule has 0 aliphatic rings. The van der Waals surface area contributed by atoms with Gasteiger partial charge in [-0.05, 0) is 42.0 Å². The van der Waals surface area contributed by atoms with Crippen LogP contribution in [-0.4, -0.2) is 15.1 Å². The van der Waals surface area contributed by atoms with Crippen molar-refractivity contribution in [2.75, 3.05) is 5.33 Å². The van der Waals surface area contributed by atoms with E-state index in [9.17, 15) is 0 Å². The number of alkyl halides is 1. The Bertz CT molecular complexity index is 493. The smallest absolute Gasteiger partial charge is 0.0521 e. The van der Waals surface area contributed by atoms with Crippen molar-refractivity contribution in [2.45, 2.75) is 18.8 Å². The van der Waals surface area contributed by atoms with Gasteiger partial charge in [0.25, 0.3) is 0 Å². The summed E-state index contributed by atoms with van der Waals surface area (Å²) in [7, 11) is 1.95. The molecule has 0 bridgehead atoms. The summed E-state index contributed by atoms with van der Waals surface area (Å²) in [4.78, 5) is 0. The van der Waals surface area contributed by atoms with E-state index in [4.69, 9.17) is 11.6 Å². The molecule has 0 N–H and O–H groups in total. The van der Waals surface area contributed by atoms with E-state index in [1.54, 1.807) is 0 Å². The van der Waals surface area contributed by atoms with Gasteiger partial charge in [0, 0.05) is 23.6 Å². The third-order valence-corrected chi connectivity index (χ3v) is 4.10. The molecule has 0 amide bonds. The zero-order chi connectivity index (χ0) is 13.0. The summed E-state index contributed by atoms with van der Waals surface area (Å²) in [5.74, 6) is 0.516. The van der Waals surface area contributed by atoms with Gasteiger partial charge in [0.05, 0.1) is 6.20 Å². The highest BCUT2D eigenvalue weighted by Crippen LogP contribution is 2.25. The fraction of sp³-hybridized carbons (Fsp3) is 0.357. The SMILES string of the molecule is Cn1cc(CCC(CBr)c2ccc(Cl)cc2)cn1. The first-order valence-corrected chi connectivity index (χ1v) is 7.48. The topological polar surface area (TPSA) is 17.8 Å². The Morgan fingerprint density at radius 3 is 2.61 bits per heavy atom. The first kappa shape index (κ1) is 13.6. The molecule has 1 aromatic heterocycles. The van der Waals surface area contributed by atoms with Crippen LogP contribution in [0.4, 0.5) is 0 Å². The lowest BCUT2D eigenvalue weighted by Crippen LogP contribution is -2.02. The van der Waals surface area contributed by atoms with Crippen LogP contribution in [0.3, 0.4) is 0 Å². The van der Waals surface area contributed by atoms with Crippen molar-refractivity contribution in [3.05, 3.63) is 52.8 Å². The molecule has 0 fully saturated rings. The Morgan fingerprint density at radius 1 is 1.33 bits per heavy atom. The van der Waals surface area contributed by atoms with Gasteiger partial charge in [0.1, 0.15) is 0 Å². The number of hydrogen-bond donors (Lipinski definition) is 0. The van der Waals surface area contributed by atoms with Crippen LogP contribution in [0.5, 0.6) is 0 Å². The highest BCUT2D eigenvalue weighted by molar-refractivity contribution is 9.09. The normalized spacial score (nSPS) is 12.6. The summed E-state index contributed by atoms with van der Waals surface area (Å²) < 4.78 is 1.85. The van der Waals surface area contributed by atoms with E-state index in [-0.39, 0.29) is 0 Å². The lowest BCUT2D eigenvalue weighted by molar-refractivity contribution is 0.691. The molecule has 0 saturated heterocycles. The average molecular weight is 328 g/mol. The molecule has 0 radical (unpaired) electrons. The molecule has 18 heavy (non-hydrogen) atoms. The Labute approximate surface area is 121 Å².